The van der Waals surface area contributed by atoms with Crippen LogP contribution in [0.25, 0.3) is 11.4 Å². The lowest BCUT2D eigenvalue weighted by molar-refractivity contribution is -0.117. The van der Waals surface area contributed by atoms with Gasteiger partial charge in [0, 0.05) is 28.9 Å². The van der Waals surface area contributed by atoms with E-state index in [1.165, 1.54) is 0 Å². The molecule has 2 aromatic heterocycles. The smallest absolute Gasteiger partial charge is 0.249 e. The van der Waals surface area contributed by atoms with Crippen molar-refractivity contribution >= 4 is 23.5 Å². The number of hydrogen-bond acceptors (Lipinski definition) is 4. The molecule has 1 aliphatic rings. The Bertz CT molecular complexity index is 879. The van der Waals surface area contributed by atoms with Crippen molar-refractivity contribution in [2.24, 2.45) is 5.92 Å². The molecule has 6 nitrogen and oxygen atoms in total. The summed E-state index contributed by atoms with van der Waals surface area (Å²) in [5.74, 6) is 0.937. The number of carbonyl (C=O) groups is 1. The molecule has 0 aliphatic heterocycles. The molecule has 0 radical (unpaired) electrons. The largest absolute Gasteiger partial charge is 0.293 e. The maximum Gasteiger partial charge on any atom is 0.249 e. The zero-order chi connectivity index (χ0) is 16.5. The second-order valence-electron chi connectivity index (χ2n) is 5.74. The number of amides is 1. The number of rotatable bonds is 4. The molecule has 7 heteroatoms. The first-order valence-corrected chi connectivity index (χ1v) is 7.97. The van der Waals surface area contributed by atoms with Crippen LogP contribution in [0, 0.1) is 5.92 Å². The van der Waals surface area contributed by atoms with Gasteiger partial charge in [0.05, 0.1) is 0 Å². The molecule has 2 N–H and O–H groups in total. The number of halogens is 1. The number of benzene rings is 1. The van der Waals surface area contributed by atoms with Crippen LogP contribution in [-0.2, 0) is 4.79 Å². The van der Waals surface area contributed by atoms with E-state index in [1.807, 2.05) is 30.5 Å². The number of anilines is 1. The summed E-state index contributed by atoms with van der Waals surface area (Å²) in [4.78, 5) is 20.7. The first-order chi connectivity index (χ1) is 11.7. The predicted molar refractivity (Wildman–Crippen MR) is 90.5 cm³/mol. The zero-order valence-electron chi connectivity index (χ0n) is 12.6. The highest BCUT2D eigenvalue weighted by Crippen LogP contribution is 2.47. The minimum Gasteiger partial charge on any atom is -0.293 e. The molecule has 3 aromatic rings. The number of pyridine rings is 1. The number of carbonyl (C=O) groups excluding carboxylic acids is 1. The van der Waals surface area contributed by atoms with Crippen molar-refractivity contribution in [3.63, 3.8) is 0 Å². The SMILES string of the molecule is O=C(Nc1n[nH]c(-c2cccc(Cl)c2)n1)[C@H]1C[C@@H]1c1cccnc1. The third-order valence-corrected chi connectivity index (χ3v) is 4.29. The molecule has 120 valence electrons. The summed E-state index contributed by atoms with van der Waals surface area (Å²) in [6.07, 6.45) is 4.36. The first kappa shape index (κ1) is 14.8. The molecule has 0 saturated heterocycles. The number of nitrogens with zero attached hydrogens (tertiary/aromatic N) is 3. The van der Waals surface area contributed by atoms with E-state index >= 15 is 0 Å². The lowest BCUT2D eigenvalue weighted by atomic mass is 10.1. The average molecular weight is 340 g/mol. The molecule has 1 fully saturated rings. The van der Waals surface area contributed by atoms with Gasteiger partial charge in [-0.15, -0.1) is 5.10 Å². The van der Waals surface area contributed by atoms with Crippen molar-refractivity contribution < 1.29 is 4.79 Å². The molecular formula is C17H14ClN5O. The third-order valence-electron chi connectivity index (χ3n) is 4.06. The Hall–Kier alpha value is -2.73. The highest BCUT2D eigenvalue weighted by molar-refractivity contribution is 6.30. The van der Waals surface area contributed by atoms with Crippen LogP contribution in [0.1, 0.15) is 17.9 Å². The lowest BCUT2D eigenvalue weighted by Gasteiger charge is -2.00. The van der Waals surface area contributed by atoms with Gasteiger partial charge >= 0.3 is 0 Å². The van der Waals surface area contributed by atoms with E-state index in [9.17, 15) is 4.79 Å². The van der Waals surface area contributed by atoms with E-state index < -0.39 is 0 Å². The average Bonchev–Trinajstić information content (AvgIpc) is 3.28. The second-order valence-corrected chi connectivity index (χ2v) is 6.18. The molecule has 1 aromatic carbocycles. The van der Waals surface area contributed by atoms with Crippen molar-refractivity contribution in [1.29, 1.82) is 0 Å². The zero-order valence-corrected chi connectivity index (χ0v) is 13.4. The number of H-pyrrole nitrogens is 1. The fourth-order valence-electron chi connectivity index (χ4n) is 2.73. The Labute approximate surface area is 143 Å². The number of aromatic amines is 1. The third kappa shape index (κ3) is 3.00. The first-order valence-electron chi connectivity index (χ1n) is 7.60. The summed E-state index contributed by atoms with van der Waals surface area (Å²) in [5.41, 5.74) is 1.91. The van der Waals surface area contributed by atoms with Gasteiger partial charge in [-0.3, -0.25) is 20.2 Å². The molecule has 0 unspecified atom stereocenters. The summed E-state index contributed by atoms with van der Waals surface area (Å²) < 4.78 is 0. The molecule has 24 heavy (non-hydrogen) atoms. The van der Waals surface area contributed by atoms with Gasteiger partial charge in [-0.1, -0.05) is 29.8 Å². The van der Waals surface area contributed by atoms with Crippen LogP contribution in [0.4, 0.5) is 5.95 Å². The molecule has 1 aliphatic carbocycles. The molecule has 2 heterocycles. The molecule has 4 rings (SSSR count). The van der Waals surface area contributed by atoms with E-state index in [4.69, 9.17) is 11.6 Å². The minimum atomic E-state index is -0.0690. The predicted octanol–water partition coefficient (Wildman–Crippen LogP) is 3.26. The van der Waals surface area contributed by atoms with Crippen molar-refractivity contribution in [2.75, 3.05) is 5.32 Å². The van der Waals surface area contributed by atoms with Crippen LogP contribution in [0.15, 0.2) is 48.8 Å². The van der Waals surface area contributed by atoms with Gasteiger partial charge in [0.2, 0.25) is 11.9 Å². The minimum absolute atomic E-state index is 0.0534. The monoisotopic (exact) mass is 339 g/mol. The Balaban J connectivity index is 1.43. The van der Waals surface area contributed by atoms with Crippen LogP contribution >= 0.6 is 11.6 Å². The summed E-state index contributed by atoms with van der Waals surface area (Å²) in [5, 5.41) is 10.2. The van der Waals surface area contributed by atoms with E-state index in [0.717, 1.165) is 17.5 Å². The molecule has 0 spiro atoms. The van der Waals surface area contributed by atoms with Crippen LogP contribution in [0.3, 0.4) is 0 Å². The second kappa shape index (κ2) is 6.05. The Morgan fingerprint density at radius 1 is 1.29 bits per heavy atom. The van der Waals surface area contributed by atoms with E-state index in [-0.39, 0.29) is 23.7 Å². The fraction of sp³-hybridized carbons (Fsp3) is 0.176. The normalized spacial score (nSPS) is 19.0. The number of hydrogen-bond donors (Lipinski definition) is 2. The van der Waals surface area contributed by atoms with Gasteiger partial charge < -0.3 is 0 Å². The van der Waals surface area contributed by atoms with E-state index in [1.54, 1.807) is 18.3 Å². The maximum atomic E-state index is 12.3. The van der Waals surface area contributed by atoms with Crippen LogP contribution in [0.2, 0.25) is 5.02 Å². The molecule has 1 saturated carbocycles. The molecule has 2 atom stereocenters. The highest BCUT2D eigenvalue weighted by Gasteiger charge is 2.44. The molecular weight excluding hydrogens is 326 g/mol. The van der Waals surface area contributed by atoms with E-state index in [2.05, 4.69) is 25.5 Å². The van der Waals surface area contributed by atoms with Gasteiger partial charge in [0.25, 0.3) is 0 Å². The van der Waals surface area contributed by atoms with Crippen LogP contribution in [0.5, 0.6) is 0 Å². The summed E-state index contributed by atoms with van der Waals surface area (Å²) >= 11 is 5.97. The van der Waals surface area contributed by atoms with Gasteiger partial charge in [-0.25, -0.2) is 0 Å². The fourth-order valence-corrected chi connectivity index (χ4v) is 2.92. The Morgan fingerprint density at radius 3 is 3.00 bits per heavy atom. The summed E-state index contributed by atoms with van der Waals surface area (Å²) in [6, 6.07) is 11.2. The molecule has 1 amide bonds. The van der Waals surface area contributed by atoms with Crippen LogP contribution in [-0.4, -0.2) is 26.1 Å². The summed E-state index contributed by atoms with van der Waals surface area (Å²) in [7, 11) is 0. The number of aromatic nitrogens is 4. The van der Waals surface area contributed by atoms with Crippen molar-refractivity contribution in [1.82, 2.24) is 20.2 Å². The molecule has 0 bridgehead atoms. The standard InChI is InChI=1S/C17H14ClN5O/c18-12-5-1-3-10(7-12)15-20-17(23-22-15)21-16(24)14-8-13(14)11-4-2-6-19-9-11/h1-7,9,13-14H,8H2,(H2,20,21,22,23,24)/t13-,14+/m1/s1. The summed E-state index contributed by atoms with van der Waals surface area (Å²) in [6.45, 7) is 0. The van der Waals surface area contributed by atoms with Gasteiger partial charge in [0.15, 0.2) is 5.82 Å². The Morgan fingerprint density at radius 2 is 2.21 bits per heavy atom. The van der Waals surface area contributed by atoms with Crippen molar-refractivity contribution in [3.8, 4) is 11.4 Å². The van der Waals surface area contributed by atoms with Gasteiger partial charge in [-0.05, 0) is 36.1 Å². The maximum absolute atomic E-state index is 12.3. The topological polar surface area (TPSA) is 83.6 Å². The van der Waals surface area contributed by atoms with Crippen LogP contribution < -0.4 is 5.32 Å². The Kier molecular flexibility index (Phi) is 3.74. The number of nitrogens with one attached hydrogen (secondary N) is 2. The lowest BCUT2D eigenvalue weighted by Crippen LogP contribution is -2.15. The van der Waals surface area contributed by atoms with Gasteiger partial charge in [-0.2, -0.15) is 4.98 Å². The quantitative estimate of drug-likeness (QED) is 0.764. The highest BCUT2D eigenvalue weighted by atomic mass is 35.5. The van der Waals surface area contributed by atoms with Crippen molar-refractivity contribution in [2.45, 2.75) is 12.3 Å². The van der Waals surface area contributed by atoms with Gasteiger partial charge in [0.1, 0.15) is 0 Å². The van der Waals surface area contributed by atoms with Crippen molar-refractivity contribution in [3.05, 3.63) is 59.4 Å². The van der Waals surface area contributed by atoms with E-state index in [0.29, 0.717) is 10.8 Å².